The molecule has 7 heteroatoms. The molecular formula is C18H19N5O2. The third-order valence-electron chi connectivity index (χ3n) is 3.57. The molecule has 3 aromatic rings. The maximum absolute atomic E-state index is 12.0. The standard InChI is InChI=1S/C18H19N5O2/c1-14-4-2-5-17(12-14)25-11-3-6-18(24)20-15-7-9-16(10-8-15)23-13-19-21-22-23/h2,4-5,7-10,12-13H,3,6,11H2,1H3,(H,20,24). The molecule has 0 spiro atoms. The molecule has 3 rings (SSSR count). The lowest BCUT2D eigenvalue weighted by atomic mass is 10.2. The molecule has 0 bridgehead atoms. The number of aromatic nitrogens is 4. The summed E-state index contributed by atoms with van der Waals surface area (Å²) >= 11 is 0. The second kappa shape index (κ2) is 8.05. The Kier molecular flexibility index (Phi) is 5.36. The molecule has 0 saturated carbocycles. The summed E-state index contributed by atoms with van der Waals surface area (Å²) in [5.41, 5.74) is 2.72. The van der Waals surface area contributed by atoms with Crippen LogP contribution in [0.3, 0.4) is 0 Å². The van der Waals surface area contributed by atoms with Crippen LogP contribution in [0.2, 0.25) is 0 Å². The van der Waals surface area contributed by atoms with Crippen LogP contribution in [0, 0.1) is 6.92 Å². The average Bonchev–Trinajstić information content (AvgIpc) is 3.14. The average molecular weight is 337 g/mol. The summed E-state index contributed by atoms with van der Waals surface area (Å²) in [7, 11) is 0. The summed E-state index contributed by atoms with van der Waals surface area (Å²) in [5.74, 6) is 0.793. The van der Waals surface area contributed by atoms with Crippen LogP contribution < -0.4 is 10.1 Å². The van der Waals surface area contributed by atoms with Gasteiger partial charge in [0.1, 0.15) is 12.1 Å². The van der Waals surface area contributed by atoms with Gasteiger partial charge in [0, 0.05) is 12.1 Å². The minimum Gasteiger partial charge on any atom is -0.494 e. The third kappa shape index (κ3) is 4.87. The van der Waals surface area contributed by atoms with E-state index in [1.54, 1.807) is 4.68 Å². The fraction of sp³-hybridized carbons (Fsp3) is 0.222. The molecule has 0 aliphatic rings. The number of benzene rings is 2. The van der Waals surface area contributed by atoms with Gasteiger partial charge in [-0.05, 0) is 65.7 Å². The van der Waals surface area contributed by atoms with Gasteiger partial charge in [0.15, 0.2) is 0 Å². The lowest BCUT2D eigenvalue weighted by Gasteiger charge is -2.08. The lowest BCUT2D eigenvalue weighted by molar-refractivity contribution is -0.116. The summed E-state index contributed by atoms with van der Waals surface area (Å²) in [6.45, 7) is 2.53. The Hall–Kier alpha value is -3.22. The summed E-state index contributed by atoms with van der Waals surface area (Å²) < 4.78 is 7.19. The molecule has 128 valence electrons. The number of tetrazole rings is 1. The molecule has 0 radical (unpaired) electrons. The highest BCUT2D eigenvalue weighted by Crippen LogP contribution is 2.14. The SMILES string of the molecule is Cc1cccc(OCCCC(=O)Nc2ccc(-n3cnnn3)cc2)c1. The number of amides is 1. The number of nitrogens with one attached hydrogen (secondary N) is 1. The van der Waals surface area contributed by atoms with Gasteiger partial charge in [-0.3, -0.25) is 4.79 Å². The Labute approximate surface area is 145 Å². The smallest absolute Gasteiger partial charge is 0.224 e. The predicted octanol–water partition coefficient (Wildman–Crippen LogP) is 2.77. The van der Waals surface area contributed by atoms with Crippen molar-refractivity contribution in [1.29, 1.82) is 0 Å². The Morgan fingerprint density at radius 3 is 2.76 bits per heavy atom. The van der Waals surface area contributed by atoms with Crippen LogP contribution in [0.1, 0.15) is 18.4 Å². The number of rotatable bonds is 7. The van der Waals surface area contributed by atoms with E-state index in [0.29, 0.717) is 19.4 Å². The molecule has 0 aliphatic heterocycles. The predicted molar refractivity (Wildman–Crippen MR) is 93.7 cm³/mol. The zero-order valence-corrected chi connectivity index (χ0v) is 13.9. The maximum atomic E-state index is 12.0. The van der Waals surface area contributed by atoms with Crippen molar-refractivity contribution in [2.75, 3.05) is 11.9 Å². The van der Waals surface area contributed by atoms with Crippen molar-refractivity contribution >= 4 is 11.6 Å². The second-order valence-corrected chi connectivity index (χ2v) is 5.62. The number of ether oxygens (including phenoxy) is 1. The van der Waals surface area contributed by atoms with E-state index in [1.807, 2.05) is 55.5 Å². The van der Waals surface area contributed by atoms with Gasteiger partial charge in [-0.15, -0.1) is 5.10 Å². The Morgan fingerprint density at radius 1 is 1.20 bits per heavy atom. The highest BCUT2D eigenvalue weighted by atomic mass is 16.5. The van der Waals surface area contributed by atoms with Crippen LogP contribution in [-0.4, -0.2) is 32.7 Å². The van der Waals surface area contributed by atoms with Gasteiger partial charge in [0.25, 0.3) is 0 Å². The van der Waals surface area contributed by atoms with Crippen molar-refractivity contribution < 1.29 is 9.53 Å². The van der Waals surface area contributed by atoms with E-state index in [4.69, 9.17) is 4.74 Å². The molecule has 2 aromatic carbocycles. The van der Waals surface area contributed by atoms with Gasteiger partial charge in [-0.1, -0.05) is 12.1 Å². The van der Waals surface area contributed by atoms with Crippen LogP contribution in [-0.2, 0) is 4.79 Å². The summed E-state index contributed by atoms with van der Waals surface area (Å²) in [5, 5.41) is 13.9. The largest absolute Gasteiger partial charge is 0.494 e. The van der Waals surface area contributed by atoms with Crippen molar-refractivity contribution in [2.45, 2.75) is 19.8 Å². The van der Waals surface area contributed by atoms with E-state index in [2.05, 4.69) is 20.8 Å². The van der Waals surface area contributed by atoms with Crippen molar-refractivity contribution in [3.8, 4) is 11.4 Å². The monoisotopic (exact) mass is 337 g/mol. The summed E-state index contributed by atoms with van der Waals surface area (Å²) in [4.78, 5) is 12.0. The highest BCUT2D eigenvalue weighted by Gasteiger charge is 2.04. The number of hydrogen-bond acceptors (Lipinski definition) is 5. The van der Waals surface area contributed by atoms with Crippen molar-refractivity contribution in [2.24, 2.45) is 0 Å². The molecule has 0 saturated heterocycles. The topological polar surface area (TPSA) is 81.9 Å². The van der Waals surface area contributed by atoms with Crippen molar-refractivity contribution in [1.82, 2.24) is 20.2 Å². The molecule has 0 atom stereocenters. The number of anilines is 1. The van der Waals surface area contributed by atoms with Crippen LogP contribution in [0.15, 0.2) is 54.9 Å². The summed E-state index contributed by atoms with van der Waals surface area (Å²) in [6.07, 6.45) is 2.57. The van der Waals surface area contributed by atoms with Crippen LogP contribution in [0.25, 0.3) is 5.69 Å². The third-order valence-corrected chi connectivity index (χ3v) is 3.57. The molecule has 0 unspecified atom stereocenters. The molecule has 25 heavy (non-hydrogen) atoms. The first kappa shape index (κ1) is 16.6. The molecule has 1 aromatic heterocycles. The molecule has 1 amide bonds. The van der Waals surface area contributed by atoms with Gasteiger partial charge in [0.05, 0.1) is 12.3 Å². The van der Waals surface area contributed by atoms with Crippen LogP contribution >= 0.6 is 0 Å². The van der Waals surface area contributed by atoms with Gasteiger partial charge in [0.2, 0.25) is 5.91 Å². The Balaban J connectivity index is 1.41. The quantitative estimate of drug-likeness (QED) is 0.670. The molecule has 1 heterocycles. The van der Waals surface area contributed by atoms with Crippen LogP contribution in [0.4, 0.5) is 5.69 Å². The van der Waals surface area contributed by atoms with Gasteiger partial charge < -0.3 is 10.1 Å². The van der Waals surface area contributed by atoms with E-state index in [-0.39, 0.29) is 5.91 Å². The lowest BCUT2D eigenvalue weighted by Crippen LogP contribution is -2.12. The van der Waals surface area contributed by atoms with Gasteiger partial charge in [-0.25, -0.2) is 4.68 Å². The molecule has 0 fully saturated rings. The van der Waals surface area contributed by atoms with Crippen molar-refractivity contribution in [3.05, 3.63) is 60.4 Å². The first-order valence-electron chi connectivity index (χ1n) is 8.03. The Bertz CT molecular complexity index is 816. The molecule has 0 aliphatic carbocycles. The van der Waals surface area contributed by atoms with Gasteiger partial charge >= 0.3 is 0 Å². The van der Waals surface area contributed by atoms with E-state index in [0.717, 1.165) is 22.7 Å². The van der Waals surface area contributed by atoms with E-state index >= 15 is 0 Å². The molecule has 7 nitrogen and oxygen atoms in total. The Morgan fingerprint density at radius 2 is 2.04 bits per heavy atom. The maximum Gasteiger partial charge on any atom is 0.224 e. The summed E-state index contributed by atoms with van der Waals surface area (Å²) in [6, 6.07) is 15.2. The zero-order chi connectivity index (χ0) is 17.5. The van der Waals surface area contributed by atoms with E-state index in [1.165, 1.54) is 6.33 Å². The normalized spacial score (nSPS) is 10.4. The van der Waals surface area contributed by atoms with Crippen molar-refractivity contribution in [3.63, 3.8) is 0 Å². The fourth-order valence-electron chi connectivity index (χ4n) is 2.33. The number of hydrogen-bond donors (Lipinski definition) is 1. The minimum absolute atomic E-state index is 0.0389. The number of nitrogens with zero attached hydrogens (tertiary/aromatic N) is 4. The van der Waals surface area contributed by atoms with E-state index in [9.17, 15) is 4.79 Å². The zero-order valence-electron chi connectivity index (χ0n) is 13.9. The highest BCUT2D eigenvalue weighted by molar-refractivity contribution is 5.90. The molecular weight excluding hydrogens is 318 g/mol. The fourth-order valence-corrected chi connectivity index (χ4v) is 2.33. The first-order chi connectivity index (χ1) is 12.2. The number of carbonyl (C=O) groups is 1. The molecule has 1 N–H and O–H groups in total. The van der Waals surface area contributed by atoms with Crippen LogP contribution in [0.5, 0.6) is 5.75 Å². The second-order valence-electron chi connectivity index (χ2n) is 5.62. The number of carbonyl (C=O) groups excluding carboxylic acids is 1. The minimum atomic E-state index is -0.0389. The first-order valence-corrected chi connectivity index (χ1v) is 8.03. The number of aryl methyl sites for hydroxylation is 1. The van der Waals surface area contributed by atoms with E-state index < -0.39 is 0 Å². The van der Waals surface area contributed by atoms with Gasteiger partial charge in [-0.2, -0.15) is 0 Å².